The van der Waals surface area contributed by atoms with Crippen LogP contribution in [-0.2, 0) is 19.3 Å². The molecule has 1 aliphatic heterocycles. The Morgan fingerprint density at radius 3 is 2.61 bits per heavy atom. The van der Waals surface area contributed by atoms with Crippen molar-refractivity contribution in [3.05, 3.63) is 54.1 Å². The van der Waals surface area contributed by atoms with Gasteiger partial charge in [-0.15, -0.1) is 0 Å². The first kappa shape index (κ1) is 19.8. The number of ether oxygens (including phenoxy) is 2. The molecule has 8 nitrogen and oxygen atoms in total. The molecule has 0 saturated carbocycles. The van der Waals surface area contributed by atoms with Gasteiger partial charge in [-0.3, -0.25) is 9.69 Å². The number of methoxy groups -OCH3 is 1. The van der Waals surface area contributed by atoms with Crippen molar-refractivity contribution in [2.45, 2.75) is 4.90 Å². The quantitative estimate of drug-likeness (QED) is 0.760. The van der Waals surface area contributed by atoms with Crippen LogP contribution in [0.25, 0.3) is 0 Å². The molecule has 3 rings (SSSR count). The second-order valence-corrected chi connectivity index (χ2v) is 8.22. The maximum absolute atomic E-state index is 12.5. The fraction of sp³-hybridized carbons (Fsp3) is 0.263. The maximum Gasteiger partial charge on any atom is 0.414 e. The van der Waals surface area contributed by atoms with Crippen molar-refractivity contribution in [1.82, 2.24) is 0 Å². The molecule has 1 heterocycles. The van der Waals surface area contributed by atoms with Crippen LogP contribution in [0.2, 0.25) is 0 Å². The molecule has 1 saturated heterocycles. The van der Waals surface area contributed by atoms with Crippen LogP contribution < -0.4 is 10.2 Å². The van der Waals surface area contributed by atoms with Gasteiger partial charge in [0.1, 0.15) is 6.61 Å². The Bertz CT molecular complexity index is 972. The van der Waals surface area contributed by atoms with Crippen LogP contribution in [0.5, 0.6) is 0 Å². The molecule has 2 aromatic carbocycles. The molecule has 1 fully saturated rings. The van der Waals surface area contributed by atoms with Gasteiger partial charge in [0.25, 0.3) is 5.91 Å². The van der Waals surface area contributed by atoms with Crippen molar-refractivity contribution in [3.63, 3.8) is 0 Å². The van der Waals surface area contributed by atoms with Crippen LogP contribution in [0, 0.1) is 0 Å². The largest absolute Gasteiger partial charge is 0.447 e. The highest BCUT2D eigenvalue weighted by Crippen LogP contribution is 2.23. The summed E-state index contributed by atoms with van der Waals surface area (Å²) < 4.78 is 34.0. The Morgan fingerprint density at radius 1 is 1.21 bits per heavy atom. The van der Waals surface area contributed by atoms with Gasteiger partial charge in [0.05, 0.1) is 23.8 Å². The van der Waals surface area contributed by atoms with Gasteiger partial charge in [-0.25, -0.2) is 13.2 Å². The van der Waals surface area contributed by atoms with E-state index in [9.17, 15) is 18.0 Å². The van der Waals surface area contributed by atoms with E-state index in [1.54, 1.807) is 24.3 Å². The average molecular weight is 404 g/mol. The number of nitrogens with one attached hydrogen (secondary N) is 1. The molecule has 2 aromatic rings. The van der Waals surface area contributed by atoms with Gasteiger partial charge in [-0.1, -0.05) is 6.07 Å². The molecule has 0 spiro atoms. The van der Waals surface area contributed by atoms with Gasteiger partial charge >= 0.3 is 6.09 Å². The molecule has 0 unspecified atom stereocenters. The lowest BCUT2D eigenvalue weighted by Gasteiger charge is -2.14. The predicted octanol–water partition coefficient (Wildman–Crippen LogP) is 2.32. The number of carbonyl (C=O) groups is 2. The number of benzene rings is 2. The highest BCUT2D eigenvalue weighted by atomic mass is 32.2. The number of sulfone groups is 1. The van der Waals surface area contributed by atoms with Crippen molar-refractivity contribution in [1.29, 1.82) is 0 Å². The molecule has 0 bridgehead atoms. The molecule has 0 aliphatic carbocycles. The summed E-state index contributed by atoms with van der Waals surface area (Å²) in [5.74, 6) is -0.511. The number of anilines is 2. The summed E-state index contributed by atoms with van der Waals surface area (Å²) in [5, 5.41) is 2.74. The SMILES string of the molecule is COCCS(=O)(=O)c1ccc(C(=O)Nc2cccc(N3CCOC3=O)c2)cc1. The van der Waals surface area contributed by atoms with E-state index in [0.29, 0.717) is 30.1 Å². The topological polar surface area (TPSA) is 102 Å². The molecule has 0 atom stereocenters. The number of hydrogen-bond donors (Lipinski definition) is 1. The number of nitrogens with zero attached hydrogens (tertiary/aromatic N) is 1. The van der Waals surface area contributed by atoms with Crippen LogP contribution in [-0.4, -0.2) is 53.0 Å². The Labute approximate surface area is 163 Å². The zero-order chi connectivity index (χ0) is 20.1. The Balaban J connectivity index is 1.71. The molecule has 1 N–H and O–H groups in total. The minimum Gasteiger partial charge on any atom is -0.447 e. The first-order chi connectivity index (χ1) is 13.4. The predicted molar refractivity (Wildman–Crippen MR) is 103 cm³/mol. The fourth-order valence-corrected chi connectivity index (χ4v) is 3.88. The first-order valence-corrected chi connectivity index (χ1v) is 10.2. The second-order valence-electron chi connectivity index (χ2n) is 6.11. The molecule has 0 radical (unpaired) electrons. The highest BCUT2D eigenvalue weighted by Gasteiger charge is 2.23. The van der Waals surface area contributed by atoms with E-state index < -0.39 is 15.9 Å². The fourth-order valence-electron chi connectivity index (χ4n) is 2.71. The lowest BCUT2D eigenvalue weighted by Crippen LogP contribution is -2.23. The van der Waals surface area contributed by atoms with Crippen molar-refractivity contribution in [2.75, 3.05) is 42.8 Å². The van der Waals surface area contributed by atoms with Gasteiger partial charge in [-0.2, -0.15) is 0 Å². The molecular weight excluding hydrogens is 384 g/mol. The lowest BCUT2D eigenvalue weighted by atomic mass is 10.2. The number of amides is 2. The highest BCUT2D eigenvalue weighted by molar-refractivity contribution is 7.91. The molecule has 0 aromatic heterocycles. The zero-order valence-electron chi connectivity index (χ0n) is 15.3. The van der Waals surface area contributed by atoms with E-state index in [-0.39, 0.29) is 23.2 Å². The van der Waals surface area contributed by atoms with E-state index in [1.807, 2.05) is 0 Å². The van der Waals surface area contributed by atoms with E-state index >= 15 is 0 Å². The second kappa shape index (κ2) is 8.41. The van der Waals surface area contributed by atoms with Crippen LogP contribution >= 0.6 is 0 Å². The van der Waals surface area contributed by atoms with Crippen molar-refractivity contribution >= 4 is 33.2 Å². The van der Waals surface area contributed by atoms with Crippen molar-refractivity contribution in [3.8, 4) is 0 Å². The number of carbonyl (C=O) groups excluding carboxylic acids is 2. The Morgan fingerprint density at radius 2 is 1.96 bits per heavy atom. The van der Waals surface area contributed by atoms with Crippen LogP contribution in [0.3, 0.4) is 0 Å². The maximum atomic E-state index is 12.5. The zero-order valence-corrected chi connectivity index (χ0v) is 16.1. The summed E-state index contributed by atoms with van der Waals surface area (Å²) >= 11 is 0. The third-order valence-electron chi connectivity index (χ3n) is 4.21. The van der Waals surface area contributed by atoms with E-state index in [1.165, 1.54) is 36.3 Å². The number of hydrogen-bond acceptors (Lipinski definition) is 6. The van der Waals surface area contributed by atoms with E-state index in [2.05, 4.69) is 5.32 Å². The molecule has 148 valence electrons. The van der Waals surface area contributed by atoms with E-state index in [4.69, 9.17) is 9.47 Å². The van der Waals surface area contributed by atoms with Gasteiger partial charge in [-0.05, 0) is 42.5 Å². The van der Waals surface area contributed by atoms with Crippen LogP contribution in [0.15, 0.2) is 53.4 Å². The lowest BCUT2D eigenvalue weighted by molar-refractivity contribution is 0.102. The van der Waals surface area contributed by atoms with Crippen molar-refractivity contribution < 1.29 is 27.5 Å². The van der Waals surface area contributed by atoms with Crippen LogP contribution in [0.4, 0.5) is 16.2 Å². The Hall–Kier alpha value is -2.91. The average Bonchev–Trinajstić information content (AvgIpc) is 3.12. The first-order valence-electron chi connectivity index (χ1n) is 8.58. The third kappa shape index (κ3) is 4.49. The number of cyclic esters (lactones) is 1. The minimum atomic E-state index is -3.45. The summed E-state index contributed by atoms with van der Waals surface area (Å²) in [5.41, 5.74) is 1.45. The smallest absolute Gasteiger partial charge is 0.414 e. The molecule has 9 heteroatoms. The molecule has 1 aliphatic rings. The molecular formula is C19H20N2O6S. The van der Waals surface area contributed by atoms with Crippen LogP contribution in [0.1, 0.15) is 10.4 Å². The monoisotopic (exact) mass is 404 g/mol. The summed E-state index contributed by atoms with van der Waals surface area (Å²) in [7, 11) is -2.01. The number of rotatable bonds is 7. The summed E-state index contributed by atoms with van der Waals surface area (Å²) in [6.07, 6.45) is -0.422. The molecule has 2 amide bonds. The Kier molecular flexibility index (Phi) is 5.96. The standard InChI is InChI=1S/C19H20N2O6S/c1-26-11-12-28(24,25)17-7-5-14(6-8-17)18(22)20-15-3-2-4-16(13-15)21-9-10-27-19(21)23/h2-8,13H,9-12H2,1H3,(H,20,22). The molecule has 28 heavy (non-hydrogen) atoms. The minimum absolute atomic E-state index is 0.103. The summed E-state index contributed by atoms with van der Waals surface area (Å²) in [4.78, 5) is 25.7. The van der Waals surface area contributed by atoms with Gasteiger partial charge < -0.3 is 14.8 Å². The summed E-state index contributed by atoms with van der Waals surface area (Å²) in [6, 6.07) is 12.6. The van der Waals surface area contributed by atoms with Gasteiger partial charge in [0.15, 0.2) is 9.84 Å². The van der Waals surface area contributed by atoms with Gasteiger partial charge in [0.2, 0.25) is 0 Å². The third-order valence-corrected chi connectivity index (χ3v) is 5.90. The van der Waals surface area contributed by atoms with Crippen molar-refractivity contribution in [2.24, 2.45) is 0 Å². The van der Waals surface area contributed by atoms with Gasteiger partial charge in [0, 0.05) is 24.0 Å². The normalized spacial score (nSPS) is 14.0. The summed E-state index contributed by atoms with van der Waals surface area (Å²) in [6.45, 7) is 0.885. The van der Waals surface area contributed by atoms with E-state index in [0.717, 1.165) is 0 Å².